The number of carboxylic acids is 1. The Labute approximate surface area is 127 Å². The van der Waals surface area contributed by atoms with Gasteiger partial charge in [-0.3, -0.25) is 14.9 Å². The van der Waals surface area contributed by atoms with Crippen molar-refractivity contribution in [3.8, 4) is 5.75 Å². The monoisotopic (exact) mass is 310 g/mol. The van der Waals surface area contributed by atoms with Gasteiger partial charge in [0.15, 0.2) is 0 Å². The summed E-state index contributed by atoms with van der Waals surface area (Å²) in [5.74, 6) is -1.69. The zero-order valence-electron chi connectivity index (χ0n) is 12.4. The van der Waals surface area contributed by atoms with E-state index in [1.54, 1.807) is 13.8 Å². The topological polar surface area (TPSA) is 119 Å². The molecule has 0 bridgehead atoms. The first-order valence-electron chi connectivity index (χ1n) is 6.85. The van der Waals surface area contributed by atoms with Gasteiger partial charge in [0.1, 0.15) is 17.4 Å². The Morgan fingerprint density at radius 1 is 1.41 bits per heavy atom. The average molecular weight is 310 g/mol. The van der Waals surface area contributed by atoms with Gasteiger partial charge in [-0.15, -0.1) is 0 Å². The number of nitrogens with zero attached hydrogens (tertiary/aromatic N) is 1. The van der Waals surface area contributed by atoms with Crippen LogP contribution >= 0.6 is 0 Å². The number of nitro groups is 1. The van der Waals surface area contributed by atoms with E-state index in [9.17, 15) is 19.7 Å². The zero-order chi connectivity index (χ0) is 16.7. The number of rotatable bonds is 8. The van der Waals surface area contributed by atoms with Crippen LogP contribution in [0.1, 0.15) is 37.0 Å². The fourth-order valence-electron chi connectivity index (χ4n) is 1.89. The molecule has 0 aliphatic carbocycles. The SMILES string of the molecule is CCCC(NC(=O)c1cc(OCC)ccc1[N+](=O)[O-])C(=O)O. The predicted molar refractivity (Wildman–Crippen MR) is 78.1 cm³/mol. The first-order chi connectivity index (χ1) is 10.4. The number of carbonyl (C=O) groups excluding carboxylic acids is 1. The van der Waals surface area contributed by atoms with Gasteiger partial charge >= 0.3 is 5.97 Å². The molecule has 8 heteroatoms. The number of hydrogen-bond acceptors (Lipinski definition) is 5. The molecule has 0 radical (unpaired) electrons. The number of ether oxygens (including phenoxy) is 1. The van der Waals surface area contributed by atoms with Crippen LogP contribution in [0.15, 0.2) is 18.2 Å². The second kappa shape index (κ2) is 7.96. The lowest BCUT2D eigenvalue weighted by molar-refractivity contribution is -0.385. The van der Waals surface area contributed by atoms with E-state index in [1.807, 2.05) is 0 Å². The maximum Gasteiger partial charge on any atom is 0.326 e. The van der Waals surface area contributed by atoms with E-state index < -0.39 is 28.5 Å². The molecule has 120 valence electrons. The van der Waals surface area contributed by atoms with Gasteiger partial charge in [-0.2, -0.15) is 0 Å². The molecule has 0 aromatic heterocycles. The van der Waals surface area contributed by atoms with Gasteiger partial charge in [0.2, 0.25) is 0 Å². The van der Waals surface area contributed by atoms with Gasteiger partial charge in [-0.25, -0.2) is 4.79 Å². The summed E-state index contributed by atoms with van der Waals surface area (Å²) >= 11 is 0. The molecular weight excluding hydrogens is 292 g/mol. The predicted octanol–water partition coefficient (Wildman–Crippen LogP) is 1.98. The van der Waals surface area contributed by atoms with E-state index in [0.29, 0.717) is 18.8 Å². The third kappa shape index (κ3) is 4.44. The molecule has 0 spiro atoms. The summed E-state index contributed by atoms with van der Waals surface area (Å²) in [4.78, 5) is 33.6. The van der Waals surface area contributed by atoms with Crippen LogP contribution in [0.25, 0.3) is 0 Å². The number of carboxylic acid groups (broad SMARTS) is 1. The van der Waals surface area contributed by atoms with Crippen molar-refractivity contribution in [2.45, 2.75) is 32.7 Å². The van der Waals surface area contributed by atoms with Gasteiger partial charge in [-0.05, 0) is 25.5 Å². The van der Waals surface area contributed by atoms with Gasteiger partial charge < -0.3 is 15.2 Å². The van der Waals surface area contributed by atoms with Gasteiger partial charge in [0.25, 0.3) is 11.6 Å². The minimum absolute atomic E-state index is 0.224. The number of carbonyl (C=O) groups is 2. The van der Waals surface area contributed by atoms with E-state index in [0.717, 1.165) is 6.07 Å². The Morgan fingerprint density at radius 3 is 2.59 bits per heavy atom. The van der Waals surface area contributed by atoms with Crippen molar-refractivity contribution in [3.63, 3.8) is 0 Å². The van der Waals surface area contributed by atoms with E-state index >= 15 is 0 Å². The summed E-state index contributed by atoms with van der Waals surface area (Å²) in [6.07, 6.45) is 0.790. The molecule has 0 saturated heterocycles. The molecule has 2 N–H and O–H groups in total. The van der Waals surface area contributed by atoms with Crippen molar-refractivity contribution in [1.29, 1.82) is 0 Å². The van der Waals surface area contributed by atoms with Crippen molar-refractivity contribution in [2.24, 2.45) is 0 Å². The second-order valence-electron chi connectivity index (χ2n) is 4.52. The summed E-state index contributed by atoms with van der Waals surface area (Å²) in [6, 6.07) is 2.70. The third-order valence-electron chi connectivity index (χ3n) is 2.90. The number of amides is 1. The number of aliphatic carboxylic acids is 1. The normalized spacial score (nSPS) is 11.5. The zero-order valence-corrected chi connectivity index (χ0v) is 12.4. The Hall–Kier alpha value is -2.64. The van der Waals surface area contributed by atoms with Crippen LogP contribution in [0.5, 0.6) is 5.75 Å². The minimum Gasteiger partial charge on any atom is -0.494 e. The molecule has 1 rings (SSSR count). The highest BCUT2D eigenvalue weighted by molar-refractivity contribution is 6.00. The first kappa shape index (κ1) is 17.4. The Balaban J connectivity index is 3.10. The maximum absolute atomic E-state index is 12.2. The first-order valence-corrected chi connectivity index (χ1v) is 6.85. The van der Waals surface area contributed by atoms with Crippen molar-refractivity contribution in [2.75, 3.05) is 6.61 Å². The highest BCUT2D eigenvalue weighted by Crippen LogP contribution is 2.24. The summed E-state index contributed by atoms with van der Waals surface area (Å²) in [6.45, 7) is 3.86. The molecule has 1 amide bonds. The Bertz CT molecular complexity index is 572. The van der Waals surface area contributed by atoms with Crippen LogP contribution < -0.4 is 10.1 Å². The van der Waals surface area contributed by atoms with Crippen LogP contribution in [0, 0.1) is 10.1 Å². The van der Waals surface area contributed by atoms with Crippen molar-refractivity contribution >= 4 is 17.6 Å². The highest BCUT2D eigenvalue weighted by atomic mass is 16.6. The number of hydrogen-bond donors (Lipinski definition) is 2. The summed E-state index contributed by atoms with van der Waals surface area (Å²) in [5, 5.41) is 22.4. The molecular formula is C14H18N2O6. The lowest BCUT2D eigenvalue weighted by Gasteiger charge is -2.14. The number of benzene rings is 1. The van der Waals surface area contributed by atoms with E-state index in [2.05, 4.69) is 5.32 Å². The van der Waals surface area contributed by atoms with Crippen molar-refractivity contribution in [1.82, 2.24) is 5.32 Å². The highest BCUT2D eigenvalue weighted by Gasteiger charge is 2.25. The molecule has 1 atom stereocenters. The molecule has 8 nitrogen and oxygen atoms in total. The van der Waals surface area contributed by atoms with Crippen LogP contribution in [-0.2, 0) is 4.79 Å². The lowest BCUT2D eigenvalue weighted by atomic mass is 10.1. The van der Waals surface area contributed by atoms with Crippen LogP contribution in [-0.4, -0.2) is 34.6 Å². The fraction of sp³-hybridized carbons (Fsp3) is 0.429. The maximum atomic E-state index is 12.2. The van der Waals surface area contributed by atoms with Crippen LogP contribution in [0.3, 0.4) is 0 Å². The second-order valence-corrected chi connectivity index (χ2v) is 4.52. The Kier molecular flexibility index (Phi) is 6.30. The number of nitro benzene ring substituents is 1. The summed E-state index contributed by atoms with van der Waals surface area (Å²) in [5.41, 5.74) is -0.625. The molecule has 0 fully saturated rings. The van der Waals surface area contributed by atoms with E-state index in [1.165, 1.54) is 12.1 Å². The van der Waals surface area contributed by atoms with E-state index in [-0.39, 0.29) is 12.0 Å². The van der Waals surface area contributed by atoms with E-state index in [4.69, 9.17) is 9.84 Å². The molecule has 1 aromatic rings. The van der Waals surface area contributed by atoms with Crippen molar-refractivity contribution < 1.29 is 24.4 Å². The molecule has 0 aliphatic heterocycles. The molecule has 1 aromatic carbocycles. The largest absolute Gasteiger partial charge is 0.494 e. The third-order valence-corrected chi connectivity index (χ3v) is 2.90. The van der Waals surface area contributed by atoms with Gasteiger partial charge in [-0.1, -0.05) is 13.3 Å². The standard InChI is InChI=1S/C14H18N2O6/c1-3-5-11(14(18)19)15-13(17)10-8-9(22-4-2)6-7-12(10)16(20)21/h6-8,11H,3-5H2,1-2H3,(H,15,17)(H,18,19). The smallest absolute Gasteiger partial charge is 0.326 e. The van der Waals surface area contributed by atoms with Crippen LogP contribution in [0.2, 0.25) is 0 Å². The molecule has 0 aliphatic rings. The summed E-state index contributed by atoms with van der Waals surface area (Å²) in [7, 11) is 0. The number of nitrogens with one attached hydrogen (secondary N) is 1. The molecule has 0 heterocycles. The van der Waals surface area contributed by atoms with Gasteiger partial charge in [0, 0.05) is 6.07 Å². The lowest BCUT2D eigenvalue weighted by Crippen LogP contribution is -2.40. The Morgan fingerprint density at radius 2 is 2.09 bits per heavy atom. The quantitative estimate of drug-likeness (QED) is 0.559. The van der Waals surface area contributed by atoms with Gasteiger partial charge in [0.05, 0.1) is 11.5 Å². The molecule has 1 unspecified atom stereocenters. The minimum atomic E-state index is -1.18. The fourth-order valence-corrected chi connectivity index (χ4v) is 1.89. The molecule has 22 heavy (non-hydrogen) atoms. The summed E-state index contributed by atoms with van der Waals surface area (Å²) < 4.78 is 5.21. The average Bonchev–Trinajstić information content (AvgIpc) is 2.46. The van der Waals surface area contributed by atoms with Crippen molar-refractivity contribution in [3.05, 3.63) is 33.9 Å². The van der Waals surface area contributed by atoms with Crippen LogP contribution in [0.4, 0.5) is 5.69 Å². The molecule has 0 saturated carbocycles.